The van der Waals surface area contributed by atoms with E-state index in [0.717, 1.165) is 12.8 Å². The maximum Gasteiger partial charge on any atom is 0.308 e. The fourth-order valence-corrected chi connectivity index (χ4v) is 2.94. The molecule has 0 aromatic carbocycles. The first-order chi connectivity index (χ1) is 8.04. The third kappa shape index (κ3) is 3.19. The third-order valence-corrected chi connectivity index (χ3v) is 3.80. The van der Waals surface area contributed by atoms with E-state index in [1.165, 1.54) is 7.11 Å². The van der Waals surface area contributed by atoms with Crippen LogP contribution < -0.4 is 0 Å². The molecule has 1 aliphatic carbocycles. The van der Waals surface area contributed by atoms with E-state index in [4.69, 9.17) is 14.2 Å². The van der Waals surface area contributed by atoms with Crippen LogP contribution in [0.15, 0.2) is 0 Å². The summed E-state index contributed by atoms with van der Waals surface area (Å²) < 4.78 is 15.9. The number of carbonyl (C=O) groups excluding carboxylic acids is 1. The van der Waals surface area contributed by atoms with Crippen molar-refractivity contribution < 1.29 is 19.0 Å². The molecule has 0 aromatic rings. The number of methoxy groups -OCH3 is 3. The highest BCUT2D eigenvalue weighted by Gasteiger charge is 2.42. The normalized spacial score (nSPS) is 33.8. The summed E-state index contributed by atoms with van der Waals surface area (Å²) in [5.74, 6) is 0.551. The summed E-state index contributed by atoms with van der Waals surface area (Å²) in [7, 11) is 4.83. The average Bonchev–Trinajstić information content (AvgIpc) is 2.35. The molecule has 0 aliphatic heterocycles. The maximum absolute atomic E-state index is 11.6. The summed E-state index contributed by atoms with van der Waals surface area (Å²) in [4.78, 5) is 11.6. The molecule has 4 heteroatoms. The lowest BCUT2D eigenvalue weighted by atomic mass is 9.72. The lowest BCUT2D eigenvalue weighted by Crippen LogP contribution is -2.46. The van der Waals surface area contributed by atoms with Crippen LogP contribution in [-0.4, -0.2) is 39.5 Å². The Morgan fingerprint density at radius 1 is 1.06 bits per heavy atom. The highest BCUT2D eigenvalue weighted by atomic mass is 16.5. The van der Waals surface area contributed by atoms with Gasteiger partial charge in [0.15, 0.2) is 0 Å². The maximum atomic E-state index is 11.6. The minimum atomic E-state index is -0.156. The quantitative estimate of drug-likeness (QED) is 0.708. The van der Waals surface area contributed by atoms with Crippen molar-refractivity contribution in [1.29, 1.82) is 0 Å². The van der Waals surface area contributed by atoms with Crippen LogP contribution in [0.2, 0.25) is 0 Å². The highest BCUT2D eigenvalue weighted by molar-refractivity contribution is 5.72. The Balaban J connectivity index is 2.81. The van der Waals surface area contributed by atoms with Gasteiger partial charge in [-0.05, 0) is 18.8 Å². The fraction of sp³-hybridized carbons (Fsp3) is 0.923. The minimum absolute atomic E-state index is 0.0674. The van der Waals surface area contributed by atoms with Crippen LogP contribution in [-0.2, 0) is 19.0 Å². The van der Waals surface area contributed by atoms with Crippen molar-refractivity contribution in [2.45, 2.75) is 38.9 Å². The molecule has 1 saturated carbocycles. The van der Waals surface area contributed by atoms with Crippen LogP contribution in [0.25, 0.3) is 0 Å². The standard InChI is InChI=1S/C13H24O4/c1-8(2)12-10(15-3)6-9(13(14)17-5)7-11(12)16-4/h8-12H,6-7H2,1-5H3. The van der Waals surface area contributed by atoms with Gasteiger partial charge in [-0.25, -0.2) is 0 Å². The minimum Gasteiger partial charge on any atom is -0.469 e. The summed E-state index contributed by atoms with van der Waals surface area (Å²) in [6, 6.07) is 0. The smallest absolute Gasteiger partial charge is 0.308 e. The molecule has 100 valence electrons. The Morgan fingerprint density at radius 2 is 1.53 bits per heavy atom. The molecule has 2 atom stereocenters. The van der Waals surface area contributed by atoms with E-state index < -0.39 is 0 Å². The van der Waals surface area contributed by atoms with E-state index in [-0.39, 0.29) is 24.1 Å². The van der Waals surface area contributed by atoms with Gasteiger partial charge in [-0.15, -0.1) is 0 Å². The molecule has 0 amide bonds. The predicted molar refractivity (Wildman–Crippen MR) is 64.7 cm³/mol. The van der Waals surface area contributed by atoms with Crippen molar-refractivity contribution in [2.75, 3.05) is 21.3 Å². The number of rotatable bonds is 4. The van der Waals surface area contributed by atoms with Crippen molar-refractivity contribution in [2.24, 2.45) is 17.8 Å². The van der Waals surface area contributed by atoms with Crippen LogP contribution in [0, 0.1) is 17.8 Å². The van der Waals surface area contributed by atoms with E-state index in [9.17, 15) is 4.79 Å². The molecule has 0 bridgehead atoms. The summed E-state index contributed by atoms with van der Waals surface area (Å²) >= 11 is 0. The summed E-state index contributed by atoms with van der Waals surface area (Å²) in [5, 5.41) is 0. The molecule has 2 unspecified atom stereocenters. The average molecular weight is 244 g/mol. The Hall–Kier alpha value is -0.610. The van der Waals surface area contributed by atoms with Gasteiger partial charge in [-0.3, -0.25) is 4.79 Å². The van der Waals surface area contributed by atoms with Gasteiger partial charge in [-0.1, -0.05) is 13.8 Å². The predicted octanol–water partition coefficient (Wildman–Crippen LogP) is 1.87. The van der Waals surface area contributed by atoms with E-state index >= 15 is 0 Å². The Bertz CT molecular complexity index is 238. The monoisotopic (exact) mass is 244 g/mol. The van der Waals surface area contributed by atoms with Crippen LogP contribution >= 0.6 is 0 Å². The first kappa shape index (κ1) is 14.5. The molecule has 0 heterocycles. The summed E-state index contributed by atoms with van der Waals surface area (Å²) in [6.07, 6.45) is 1.59. The van der Waals surface area contributed by atoms with Gasteiger partial charge in [0.25, 0.3) is 0 Å². The van der Waals surface area contributed by atoms with Crippen LogP contribution in [0.4, 0.5) is 0 Å². The first-order valence-corrected chi connectivity index (χ1v) is 6.18. The van der Waals surface area contributed by atoms with Gasteiger partial charge in [0.1, 0.15) is 0 Å². The molecule has 1 rings (SSSR count). The molecule has 0 radical (unpaired) electrons. The second kappa shape index (κ2) is 6.36. The Kier molecular flexibility index (Phi) is 5.40. The number of ether oxygens (including phenoxy) is 3. The van der Waals surface area contributed by atoms with Crippen LogP contribution in [0.3, 0.4) is 0 Å². The molecule has 0 N–H and O–H groups in total. The zero-order valence-corrected chi connectivity index (χ0v) is 11.4. The Morgan fingerprint density at radius 3 is 1.82 bits per heavy atom. The molecule has 4 nitrogen and oxygen atoms in total. The molecule has 1 fully saturated rings. The zero-order valence-electron chi connectivity index (χ0n) is 11.4. The van der Waals surface area contributed by atoms with Gasteiger partial charge in [0.05, 0.1) is 25.2 Å². The second-order valence-corrected chi connectivity index (χ2v) is 5.06. The number of hydrogen-bond acceptors (Lipinski definition) is 4. The van der Waals surface area contributed by atoms with Gasteiger partial charge in [0.2, 0.25) is 0 Å². The van der Waals surface area contributed by atoms with Gasteiger partial charge in [0, 0.05) is 20.1 Å². The van der Waals surface area contributed by atoms with Crippen LogP contribution in [0.5, 0.6) is 0 Å². The number of carbonyl (C=O) groups is 1. The van der Waals surface area contributed by atoms with E-state index in [1.807, 2.05) is 0 Å². The molecule has 0 spiro atoms. The van der Waals surface area contributed by atoms with Gasteiger partial charge < -0.3 is 14.2 Å². The van der Waals surface area contributed by atoms with E-state index in [0.29, 0.717) is 11.8 Å². The van der Waals surface area contributed by atoms with E-state index in [1.54, 1.807) is 14.2 Å². The topological polar surface area (TPSA) is 44.8 Å². The van der Waals surface area contributed by atoms with Crippen molar-refractivity contribution >= 4 is 5.97 Å². The zero-order chi connectivity index (χ0) is 13.0. The Labute approximate surface area is 104 Å². The molecule has 17 heavy (non-hydrogen) atoms. The van der Waals surface area contributed by atoms with E-state index in [2.05, 4.69) is 13.8 Å². The van der Waals surface area contributed by atoms with Crippen molar-refractivity contribution in [3.05, 3.63) is 0 Å². The van der Waals surface area contributed by atoms with Gasteiger partial charge >= 0.3 is 5.97 Å². The molecular formula is C13H24O4. The van der Waals surface area contributed by atoms with Gasteiger partial charge in [-0.2, -0.15) is 0 Å². The molecule has 0 saturated heterocycles. The van der Waals surface area contributed by atoms with Crippen LogP contribution in [0.1, 0.15) is 26.7 Å². The second-order valence-electron chi connectivity index (χ2n) is 5.06. The first-order valence-electron chi connectivity index (χ1n) is 6.18. The molecule has 1 aliphatic rings. The lowest BCUT2D eigenvalue weighted by Gasteiger charge is -2.41. The summed E-state index contributed by atoms with van der Waals surface area (Å²) in [5.41, 5.74) is 0. The summed E-state index contributed by atoms with van der Waals surface area (Å²) in [6.45, 7) is 4.34. The SMILES string of the molecule is COC(=O)C1CC(OC)C(C(C)C)C(OC)C1. The molecule has 0 aromatic heterocycles. The number of hydrogen-bond donors (Lipinski definition) is 0. The van der Waals surface area contributed by atoms with Crippen molar-refractivity contribution in [3.63, 3.8) is 0 Å². The fourth-order valence-electron chi connectivity index (χ4n) is 2.94. The highest BCUT2D eigenvalue weighted by Crippen LogP contribution is 2.37. The van der Waals surface area contributed by atoms with Crippen molar-refractivity contribution in [1.82, 2.24) is 0 Å². The number of esters is 1. The molecular weight excluding hydrogens is 220 g/mol. The van der Waals surface area contributed by atoms with Crippen molar-refractivity contribution in [3.8, 4) is 0 Å². The largest absolute Gasteiger partial charge is 0.469 e. The lowest BCUT2D eigenvalue weighted by molar-refractivity contribution is -0.156. The third-order valence-electron chi connectivity index (χ3n) is 3.80.